The maximum absolute atomic E-state index is 10.7. The molecular weight excluding hydrogens is 320 g/mol. The molecule has 0 saturated carbocycles. The van der Waals surface area contributed by atoms with E-state index in [9.17, 15) is 4.79 Å². The summed E-state index contributed by atoms with van der Waals surface area (Å²) in [5, 5.41) is 11.7. The molecule has 0 bridgehead atoms. The van der Waals surface area contributed by atoms with E-state index in [2.05, 4.69) is 40.2 Å². The van der Waals surface area contributed by atoms with Gasteiger partial charge in [0.2, 0.25) is 0 Å². The van der Waals surface area contributed by atoms with Crippen molar-refractivity contribution in [3.8, 4) is 0 Å². The number of carbonyl (C=O) groups is 1. The average Bonchev–Trinajstić information content (AvgIpc) is 3.02. The third kappa shape index (κ3) is 5.14. The molecule has 0 aliphatic carbocycles. The molecule has 1 saturated heterocycles. The van der Waals surface area contributed by atoms with Gasteiger partial charge in [-0.25, -0.2) is 4.98 Å². The van der Waals surface area contributed by atoms with E-state index >= 15 is 0 Å². The number of hydrogen-bond acceptors (Lipinski definition) is 4. The second-order valence-electron chi connectivity index (χ2n) is 6.53. The number of nitrogens with zero attached hydrogens (tertiary/aromatic N) is 2. The Bertz CT molecular complexity index is 648. The van der Waals surface area contributed by atoms with Crippen molar-refractivity contribution in [3.63, 3.8) is 0 Å². The molecular formula is C19H24N2O2S. The number of aliphatic carboxylic acids is 1. The summed E-state index contributed by atoms with van der Waals surface area (Å²) in [7, 11) is 0. The van der Waals surface area contributed by atoms with E-state index in [-0.39, 0.29) is 6.42 Å². The van der Waals surface area contributed by atoms with Crippen molar-refractivity contribution in [3.05, 3.63) is 52.0 Å². The summed E-state index contributed by atoms with van der Waals surface area (Å²) in [6.45, 7) is 3.34. The Morgan fingerprint density at radius 3 is 2.71 bits per heavy atom. The van der Waals surface area contributed by atoms with Crippen molar-refractivity contribution in [2.45, 2.75) is 32.1 Å². The highest BCUT2D eigenvalue weighted by molar-refractivity contribution is 7.09. The molecule has 1 aliphatic heterocycles. The quantitative estimate of drug-likeness (QED) is 0.837. The monoisotopic (exact) mass is 344 g/mol. The maximum atomic E-state index is 10.7. The predicted molar refractivity (Wildman–Crippen MR) is 96.5 cm³/mol. The van der Waals surface area contributed by atoms with Crippen LogP contribution in [0.2, 0.25) is 0 Å². The second-order valence-corrected chi connectivity index (χ2v) is 7.47. The minimum Gasteiger partial charge on any atom is -0.481 e. The Balaban J connectivity index is 1.39. The number of carboxylic acids is 1. The van der Waals surface area contributed by atoms with E-state index in [0.717, 1.165) is 37.0 Å². The Kier molecular flexibility index (Phi) is 5.99. The number of piperidine rings is 1. The fourth-order valence-corrected chi connectivity index (χ4v) is 4.10. The molecule has 0 atom stereocenters. The Morgan fingerprint density at radius 1 is 1.25 bits per heavy atom. The van der Waals surface area contributed by atoms with Crippen LogP contribution < -0.4 is 0 Å². The van der Waals surface area contributed by atoms with Gasteiger partial charge in [-0.05, 0) is 43.8 Å². The number of likely N-dealkylation sites (tertiary alicyclic amines) is 1. The highest BCUT2D eigenvalue weighted by Gasteiger charge is 2.19. The van der Waals surface area contributed by atoms with Crippen LogP contribution >= 0.6 is 11.3 Å². The normalized spacial score (nSPS) is 16.3. The molecule has 0 amide bonds. The van der Waals surface area contributed by atoms with Gasteiger partial charge in [0.25, 0.3) is 0 Å². The third-order valence-electron chi connectivity index (χ3n) is 4.65. The largest absolute Gasteiger partial charge is 0.481 e. The minimum absolute atomic E-state index is 0.0291. The van der Waals surface area contributed by atoms with Crippen LogP contribution in [0.1, 0.15) is 29.1 Å². The van der Waals surface area contributed by atoms with Gasteiger partial charge in [0, 0.05) is 18.3 Å². The molecule has 1 fully saturated rings. The molecule has 1 aromatic heterocycles. The van der Waals surface area contributed by atoms with Gasteiger partial charge >= 0.3 is 5.97 Å². The first-order valence-electron chi connectivity index (χ1n) is 8.60. The lowest BCUT2D eigenvalue weighted by Crippen LogP contribution is -2.35. The average molecular weight is 344 g/mol. The van der Waals surface area contributed by atoms with E-state index in [4.69, 9.17) is 5.11 Å². The van der Waals surface area contributed by atoms with Gasteiger partial charge < -0.3 is 10.0 Å². The van der Waals surface area contributed by atoms with Gasteiger partial charge in [-0.2, -0.15) is 0 Å². The maximum Gasteiger partial charge on any atom is 0.309 e. The molecule has 2 heterocycles. The van der Waals surface area contributed by atoms with E-state index in [1.165, 1.54) is 24.8 Å². The van der Waals surface area contributed by atoms with Crippen LogP contribution in [0.3, 0.4) is 0 Å². The molecule has 2 aromatic rings. The highest BCUT2D eigenvalue weighted by Crippen LogP contribution is 2.22. The van der Waals surface area contributed by atoms with Crippen LogP contribution in [0.4, 0.5) is 0 Å². The fraction of sp³-hybridized carbons (Fsp3) is 0.474. The summed E-state index contributed by atoms with van der Waals surface area (Å²) in [6.07, 6.45) is 4.67. The van der Waals surface area contributed by atoms with Crippen LogP contribution in [-0.2, 0) is 24.1 Å². The van der Waals surface area contributed by atoms with Crippen LogP contribution in [0, 0.1) is 5.92 Å². The summed E-state index contributed by atoms with van der Waals surface area (Å²) in [5.41, 5.74) is 2.13. The molecule has 0 spiro atoms. The first kappa shape index (κ1) is 17.1. The molecule has 5 heteroatoms. The number of aromatic nitrogens is 1. The van der Waals surface area contributed by atoms with Crippen molar-refractivity contribution < 1.29 is 9.90 Å². The van der Waals surface area contributed by atoms with Gasteiger partial charge in [0.05, 0.1) is 17.1 Å². The molecule has 128 valence electrons. The molecule has 24 heavy (non-hydrogen) atoms. The molecule has 1 N–H and O–H groups in total. The Hall–Kier alpha value is -1.72. The van der Waals surface area contributed by atoms with E-state index < -0.39 is 5.97 Å². The van der Waals surface area contributed by atoms with E-state index in [1.54, 1.807) is 11.3 Å². The fourth-order valence-electron chi connectivity index (χ4n) is 3.32. The van der Waals surface area contributed by atoms with Gasteiger partial charge in [0.1, 0.15) is 0 Å². The van der Waals surface area contributed by atoms with Crippen molar-refractivity contribution >= 4 is 17.3 Å². The molecule has 1 aliphatic rings. The Labute approximate surface area is 147 Å². The van der Waals surface area contributed by atoms with Crippen LogP contribution in [-0.4, -0.2) is 40.6 Å². The molecule has 4 nitrogen and oxygen atoms in total. The van der Waals surface area contributed by atoms with Crippen molar-refractivity contribution in [1.29, 1.82) is 0 Å². The Morgan fingerprint density at radius 2 is 2.00 bits per heavy atom. The number of hydrogen-bond donors (Lipinski definition) is 1. The predicted octanol–water partition coefficient (Wildman–Crippen LogP) is 3.27. The highest BCUT2D eigenvalue weighted by atomic mass is 32.1. The smallest absolute Gasteiger partial charge is 0.309 e. The zero-order chi connectivity index (χ0) is 16.8. The van der Waals surface area contributed by atoms with Crippen molar-refractivity contribution in [2.75, 3.05) is 19.6 Å². The summed E-state index contributed by atoms with van der Waals surface area (Å²) < 4.78 is 0. The van der Waals surface area contributed by atoms with Crippen molar-refractivity contribution in [1.82, 2.24) is 9.88 Å². The first-order valence-corrected chi connectivity index (χ1v) is 9.48. The van der Waals surface area contributed by atoms with Gasteiger partial charge in [-0.1, -0.05) is 30.3 Å². The first-order chi connectivity index (χ1) is 11.7. The van der Waals surface area contributed by atoms with Crippen LogP contribution in [0.15, 0.2) is 35.7 Å². The third-order valence-corrected chi connectivity index (χ3v) is 5.61. The number of thiazole rings is 1. The van der Waals surface area contributed by atoms with Gasteiger partial charge in [-0.15, -0.1) is 11.3 Å². The number of benzene rings is 1. The summed E-state index contributed by atoms with van der Waals surface area (Å²) in [5.74, 6) is -0.0157. The molecule has 0 unspecified atom stereocenters. The van der Waals surface area contributed by atoms with Gasteiger partial charge in [0.15, 0.2) is 0 Å². The summed E-state index contributed by atoms with van der Waals surface area (Å²) in [4.78, 5) is 17.6. The second kappa shape index (κ2) is 8.40. The molecule has 3 rings (SSSR count). The zero-order valence-corrected chi connectivity index (χ0v) is 14.7. The molecule has 0 radical (unpaired) electrons. The van der Waals surface area contributed by atoms with Crippen molar-refractivity contribution in [2.24, 2.45) is 5.92 Å². The van der Waals surface area contributed by atoms with Gasteiger partial charge in [-0.3, -0.25) is 4.79 Å². The van der Waals surface area contributed by atoms with E-state index in [1.807, 2.05) is 5.38 Å². The van der Waals surface area contributed by atoms with Crippen LogP contribution in [0.25, 0.3) is 0 Å². The number of rotatable bonds is 7. The summed E-state index contributed by atoms with van der Waals surface area (Å²) in [6, 6.07) is 10.8. The lowest BCUT2D eigenvalue weighted by molar-refractivity contribution is -0.136. The van der Waals surface area contributed by atoms with Crippen LogP contribution in [0.5, 0.6) is 0 Å². The standard InChI is InChI=1S/C19H24N2O2S/c22-19(23)13-17-14-24-18(20-17)8-11-21-9-6-16(7-10-21)12-15-4-2-1-3-5-15/h1-5,14,16H,6-13H2,(H,22,23). The molecule has 1 aromatic carbocycles. The zero-order valence-electron chi connectivity index (χ0n) is 13.9. The number of carboxylic acid groups (broad SMARTS) is 1. The minimum atomic E-state index is -0.813. The lowest BCUT2D eigenvalue weighted by Gasteiger charge is -2.31. The topological polar surface area (TPSA) is 53.4 Å². The van der Waals surface area contributed by atoms with E-state index in [0.29, 0.717) is 5.69 Å². The summed E-state index contributed by atoms with van der Waals surface area (Å²) >= 11 is 1.58. The lowest BCUT2D eigenvalue weighted by atomic mass is 9.90. The SMILES string of the molecule is O=C(O)Cc1csc(CCN2CCC(Cc3ccccc3)CC2)n1.